The van der Waals surface area contributed by atoms with Crippen LogP contribution in [-0.4, -0.2) is 23.0 Å². The second kappa shape index (κ2) is 4.93. The second-order valence-corrected chi connectivity index (χ2v) is 3.67. The van der Waals surface area contributed by atoms with Gasteiger partial charge in [0, 0.05) is 18.0 Å². The molecule has 0 amide bonds. The van der Waals surface area contributed by atoms with Crippen molar-refractivity contribution in [3.05, 3.63) is 47.4 Å². The Morgan fingerprint density at radius 2 is 2.18 bits per heavy atom. The molecule has 0 N–H and O–H groups in total. The number of methoxy groups -OCH3 is 1. The Balaban J connectivity index is 2.48. The summed E-state index contributed by atoms with van der Waals surface area (Å²) in [5.74, 6) is -0.555. The van der Waals surface area contributed by atoms with Crippen molar-refractivity contribution in [2.24, 2.45) is 0 Å². The first-order valence-corrected chi connectivity index (χ1v) is 5.25. The van der Waals surface area contributed by atoms with E-state index in [4.69, 9.17) is 11.6 Å². The number of halogens is 1. The van der Waals surface area contributed by atoms with Crippen LogP contribution in [0.3, 0.4) is 0 Å². The first-order chi connectivity index (χ1) is 8.22. The molecule has 0 radical (unpaired) electrons. The SMILES string of the molecule is COC(=O)c1nc(-c2cccnc2)ccc1Cl. The van der Waals surface area contributed by atoms with E-state index < -0.39 is 5.97 Å². The molecule has 0 saturated heterocycles. The fourth-order valence-corrected chi connectivity index (χ4v) is 1.54. The summed E-state index contributed by atoms with van der Waals surface area (Å²) in [6.07, 6.45) is 3.33. The van der Waals surface area contributed by atoms with Gasteiger partial charge in [-0.3, -0.25) is 4.98 Å². The van der Waals surface area contributed by atoms with Gasteiger partial charge in [0.2, 0.25) is 0 Å². The Morgan fingerprint density at radius 1 is 1.35 bits per heavy atom. The number of aromatic nitrogens is 2. The van der Waals surface area contributed by atoms with Crippen LogP contribution in [0.5, 0.6) is 0 Å². The van der Waals surface area contributed by atoms with Crippen LogP contribution < -0.4 is 0 Å². The summed E-state index contributed by atoms with van der Waals surface area (Å²) in [6.45, 7) is 0. The van der Waals surface area contributed by atoms with Crippen molar-refractivity contribution < 1.29 is 9.53 Å². The maximum atomic E-state index is 11.4. The molecule has 2 aromatic heterocycles. The van der Waals surface area contributed by atoms with Crippen molar-refractivity contribution in [1.82, 2.24) is 9.97 Å². The lowest BCUT2D eigenvalue weighted by Crippen LogP contribution is -2.05. The quantitative estimate of drug-likeness (QED) is 0.767. The van der Waals surface area contributed by atoms with Crippen LogP contribution in [0, 0.1) is 0 Å². The molecule has 0 spiro atoms. The highest BCUT2D eigenvalue weighted by atomic mass is 35.5. The van der Waals surface area contributed by atoms with Gasteiger partial charge in [-0.2, -0.15) is 0 Å². The molecule has 0 saturated carbocycles. The molecule has 0 aromatic carbocycles. The third-order valence-electron chi connectivity index (χ3n) is 2.18. The molecule has 0 fully saturated rings. The third-order valence-corrected chi connectivity index (χ3v) is 2.49. The van der Waals surface area contributed by atoms with Gasteiger partial charge in [0.1, 0.15) is 0 Å². The number of esters is 1. The van der Waals surface area contributed by atoms with Gasteiger partial charge in [0.05, 0.1) is 17.8 Å². The number of carbonyl (C=O) groups excluding carboxylic acids is 1. The first kappa shape index (κ1) is 11.5. The zero-order chi connectivity index (χ0) is 12.3. The summed E-state index contributed by atoms with van der Waals surface area (Å²) in [4.78, 5) is 19.6. The van der Waals surface area contributed by atoms with Gasteiger partial charge in [-0.05, 0) is 24.3 Å². The summed E-state index contributed by atoms with van der Waals surface area (Å²) in [5, 5.41) is 0.268. The first-order valence-electron chi connectivity index (χ1n) is 4.87. The van der Waals surface area contributed by atoms with Crippen molar-refractivity contribution >= 4 is 17.6 Å². The van der Waals surface area contributed by atoms with Crippen LogP contribution in [0.1, 0.15) is 10.5 Å². The fourth-order valence-electron chi connectivity index (χ4n) is 1.36. The van der Waals surface area contributed by atoms with Crippen LogP contribution >= 0.6 is 11.6 Å². The molecule has 2 aromatic rings. The van der Waals surface area contributed by atoms with Gasteiger partial charge in [0.25, 0.3) is 0 Å². The number of hydrogen-bond acceptors (Lipinski definition) is 4. The minimum Gasteiger partial charge on any atom is -0.464 e. The van der Waals surface area contributed by atoms with Crippen molar-refractivity contribution in [2.45, 2.75) is 0 Å². The molecule has 0 atom stereocenters. The summed E-state index contributed by atoms with van der Waals surface area (Å²) >= 11 is 5.88. The van der Waals surface area contributed by atoms with Crippen molar-refractivity contribution in [3.8, 4) is 11.3 Å². The largest absolute Gasteiger partial charge is 0.464 e. The Hall–Kier alpha value is -1.94. The van der Waals surface area contributed by atoms with E-state index in [1.807, 2.05) is 6.07 Å². The molecule has 0 aliphatic carbocycles. The van der Waals surface area contributed by atoms with Crippen LogP contribution in [0.25, 0.3) is 11.3 Å². The smallest absolute Gasteiger partial charge is 0.358 e. The van der Waals surface area contributed by atoms with Gasteiger partial charge in [-0.25, -0.2) is 9.78 Å². The third kappa shape index (κ3) is 2.42. The Labute approximate surface area is 103 Å². The lowest BCUT2D eigenvalue weighted by atomic mass is 10.2. The standard InChI is InChI=1S/C12H9ClN2O2/c1-17-12(16)11-9(13)4-5-10(15-11)8-3-2-6-14-7-8/h2-7H,1H3. The molecule has 86 valence electrons. The van der Waals surface area contributed by atoms with Crippen LogP contribution in [0.15, 0.2) is 36.7 Å². The Morgan fingerprint density at radius 3 is 2.82 bits per heavy atom. The molecule has 2 heterocycles. The maximum absolute atomic E-state index is 11.4. The number of nitrogens with zero attached hydrogens (tertiary/aromatic N) is 2. The predicted octanol–water partition coefficient (Wildman–Crippen LogP) is 2.58. The number of rotatable bonds is 2. The van der Waals surface area contributed by atoms with E-state index in [1.54, 1.807) is 30.6 Å². The van der Waals surface area contributed by atoms with E-state index in [1.165, 1.54) is 7.11 Å². The molecule has 0 unspecified atom stereocenters. The second-order valence-electron chi connectivity index (χ2n) is 3.26. The molecular formula is C12H9ClN2O2. The molecule has 2 rings (SSSR count). The van der Waals surface area contributed by atoms with Gasteiger partial charge in [-0.15, -0.1) is 0 Å². The molecule has 17 heavy (non-hydrogen) atoms. The van der Waals surface area contributed by atoms with E-state index in [0.29, 0.717) is 5.69 Å². The molecule has 0 aliphatic heterocycles. The van der Waals surface area contributed by atoms with Crippen LogP contribution in [0.4, 0.5) is 0 Å². The predicted molar refractivity (Wildman–Crippen MR) is 63.8 cm³/mol. The molecular weight excluding hydrogens is 240 g/mol. The van der Waals surface area contributed by atoms with E-state index in [2.05, 4.69) is 14.7 Å². The summed E-state index contributed by atoms with van der Waals surface area (Å²) < 4.78 is 4.61. The summed E-state index contributed by atoms with van der Waals surface area (Å²) in [5.41, 5.74) is 1.55. The summed E-state index contributed by atoms with van der Waals surface area (Å²) in [6, 6.07) is 6.99. The molecule has 0 bridgehead atoms. The van der Waals surface area contributed by atoms with Gasteiger partial charge >= 0.3 is 5.97 Å². The zero-order valence-corrected chi connectivity index (χ0v) is 9.81. The average Bonchev–Trinajstić information content (AvgIpc) is 2.39. The number of hydrogen-bond donors (Lipinski definition) is 0. The number of pyridine rings is 2. The zero-order valence-electron chi connectivity index (χ0n) is 9.05. The van der Waals surface area contributed by atoms with E-state index in [-0.39, 0.29) is 10.7 Å². The average molecular weight is 249 g/mol. The highest BCUT2D eigenvalue weighted by Gasteiger charge is 2.13. The highest BCUT2D eigenvalue weighted by molar-refractivity contribution is 6.33. The van der Waals surface area contributed by atoms with Crippen molar-refractivity contribution in [2.75, 3.05) is 7.11 Å². The lowest BCUT2D eigenvalue weighted by molar-refractivity contribution is 0.0594. The van der Waals surface area contributed by atoms with Crippen LogP contribution in [-0.2, 0) is 4.74 Å². The van der Waals surface area contributed by atoms with Gasteiger partial charge in [0.15, 0.2) is 5.69 Å². The topological polar surface area (TPSA) is 52.1 Å². The number of ether oxygens (including phenoxy) is 1. The minimum absolute atomic E-state index is 0.107. The Bertz CT molecular complexity index is 543. The molecule has 0 aliphatic rings. The van der Waals surface area contributed by atoms with Gasteiger partial charge in [-0.1, -0.05) is 11.6 Å². The fraction of sp³-hybridized carbons (Fsp3) is 0.0833. The Kier molecular flexibility index (Phi) is 3.35. The lowest BCUT2D eigenvalue weighted by Gasteiger charge is -2.04. The molecule has 5 heteroatoms. The van der Waals surface area contributed by atoms with E-state index >= 15 is 0 Å². The molecule has 4 nitrogen and oxygen atoms in total. The summed E-state index contributed by atoms with van der Waals surface area (Å²) in [7, 11) is 1.29. The van der Waals surface area contributed by atoms with E-state index in [9.17, 15) is 4.79 Å². The van der Waals surface area contributed by atoms with Crippen molar-refractivity contribution in [1.29, 1.82) is 0 Å². The van der Waals surface area contributed by atoms with Crippen molar-refractivity contribution in [3.63, 3.8) is 0 Å². The monoisotopic (exact) mass is 248 g/mol. The minimum atomic E-state index is -0.555. The normalized spacial score (nSPS) is 10.0. The van der Waals surface area contributed by atoms with E-state index in [0.717, 1.165) is 5.56 Å². The number of carbonyl (C=O) groups is 1. The van der Waals surface area contributed by atoms with Gasteiger partial charge < -0.3 is 4.74 Å². The maximum Gasteiger partial charge on any atom is 0.358 e. The highest BCUT2D eigenvalue weighted by Crippen LogP contribution is 2.21. The van der Waals surface area contributed by atoms with Crippen LogP contribution in [0.2, 0.25) is 5.02 Å².